The van der Waals surface area contributed by atoms with Crippen molar-refractivity contribution in [1.29, 1.82) is 0 Å². The minimum atomic E-state index is -0.603. The Hall–Kier alpha value is -1.57. The van der Waals surface area contributed by atoms with Crippen LogP contribution in [0, 0.1) is 0 Å². The summed E-state index contributed by atoms with van der Waals surface area (Å²) in [6.07, 6.45) is 6.84. The standard InChI is InChI=1S/C18H28N4O3/c1-14(23)21-12-16-17(20-7-6-19-16)15-2-8-22(9-3-15)13-18(24)4-10-25-11-5-18/h6-7,15,24H,2-5,8-13H2,1H3,(H,21,23). The van der Waals surface area contributed by atoms with Crippen LogP contribution in [0.5, 0.6) is 0 Å². The molecular formula is C18H28N4O3. The molecule has 2 aliphatic heterocycles. The Morgan fingerprint density at radius 3 is 2.68 bits per heavy atom. The van der Waals surface area contributed by atoms with Crippen LogP contribution in [0.3, 0.4) is 0 Å². The molecule has 7 nitrogen and oxygen atoms in total. The van der Waals surface area contributed by atoms with Gasteiger partial charge in [-0.2, -0.15) is 0 Å². The molecule has 0 saturated carbocycles. The summed E-state index contributed by atoms with van der Waals surface area (Å²) < 4.78 is 5.36. The van der Waals surface area contributed by atoms with Crippen molar-refractivity contribution in [2.24, 2.45) is 0 Å². The molecule has 2 saturated heterocycles. The van der Waals surface area contributed by atoms with E-state index in [1.165, 1.54) is 6.92 Å². The second-order valence-corrected chi connectivity index (χ2v) is 7.19. The van der Waals surface area contributed by atoms with Crippen molar-refractivity contribution in [2.45, 2.75) is 50.7 Å². The molecule has 2 N–H and O–H groups in total. The number of nitrogens with one attached hydrogen (secondary N) is 1. The molecular weight excluding hydrogens is 320 g/mol. The van der Waals surface area contributed by atoms with Gasteiger partial charge in [-0.25, -0.2) is 0 Å². The first-order chi connectivity index (χ1) is 12.1. The minimum absolute atomic E-state index is 0.0591. The van der Waals surface area contributed by atoms with Gasteiger partial charge in [-0.15, -0.1) is 0 Å². The molecule has 0 radical (unpaired) electrons. The number of likely N-dealkylation sites (tertiary alicyclic amines) is 1. The van der Waals surface area contributed by atoms with E-state index >= 15 is 0 Å². The first-order valence-electron chi connectivity index (χ1n) is 9.12. The number of ether oxygens (including phenoxy) is 1. The highest BCUT2D eigenvalue weighted by atomic mass is 16.5. The van der Waals surface area contributed by atoms with E-state index in [1.54, 1.807) is 12.4 Å². The summed E-state index contributed by atoms with van der Waals surface area (Å²) in [5.41, 5.74) is 1.26. The van der Waals surface area contributed by atoms with Crippen LogP contribution in [-0.4, -0.2) is 64.3 Å². The molecule has 2 aliphatic rings. The Labute approximate surface area is 148 Å². The van der Waals surface area contributed by atoms with Crippen molar-refractivity contribution >= 4 is 5.91 Å². The zero-order valence-electron chi connectivity index (χ0n) is 14.9. The molecule has 1 amide bonds. The summed E-state index contributed by atoms with van der Waals surface area (Å²) in [7, 11) is 0. The largest absolute Gasteiger partial charge is 0.388 e. The molecule has 0 spiro atoms. The fourth-order valence-electron chi connectivity index (χ4n) is 3.75. The number of carbonyl (C=O) groups is 1. The van der Waals surface area contributed by atoms with Gasteiger partial charge >= 0.3 is 0 Å². The number of β-amino-alcohol motifs (C(OH)–C–C–N with tert-alkyl or cyclic N) is 1. The summed E-state index contributed by atoms with van der Waals surface area (Å²) >= 11 is 0. The number of hydrogen-bond donors (Lipinski definition) is 2. The highest BCUT2D eigenvalue weighted by Crippen LogP contribution is 2.30. The third-order valence-electron chi connectivity index (χ3n) is 5.23. The van der Waals surface area contributed by atoms with Gasteiger partial charge in [-0.1, -0.05) is 0 Å². The third-order valence-corrected chi connectivity index (χ3v) is 5.23. The Balaban J connectivity index is 1.56. The van der Waals surface area contributed by atoms with Crippen LogP contribution in [0.2, 0.25) is 0 Å². The van der Waals surface area contributed by atoms with Gasteiger partial charge in [0.1, 0.15) is 0 Å². The Morgan fingerprint density at radius 1 is 1.32 bits per heavy atom. The smallest absolute Gasteiger partial charge is 0.217 e. The number of nitrogens with zero attached hydrogens (tertiary/aromatic N) is 3. The predicted molar refractivity (Wildman–Crippen MR) is 93.0 cm³/mol. The number of aromatic nitrogens is 2. The van der Waals surface area contributed by atoms with Gasteiger partial charge < -0.3 is 20.1 Å². The second-order valence-electron chi connectivity index (χ2n) is 7.19. The molecule has 1 aromatic rings. The minimum Gasteiger partial charge on any atom is -0.388 e. The topological polar surface area (TPSA) is 87.6 Å². The Bertz CT molecular complexity index is 581. The lowest BCUT2D eigenvalue weighted by Gasteiger charge is -2.39. The van der Waals surface area contributed by atoms with E-state index in [0.717, 1.165) is 56.7 Å². The van der Waals surface area contributed by atoms with Gasteiger partial charge in [-0.05, 0) is 25.9 Å². The highest BCUT2D eigenvalue weighted by molar-refractivity contribution is 5.72. The highest BCUT2D eigenvalue weighted by Gasteiger charge is 2.34. The maximum atomic E-state index is 11.2. The van der Waals surface area contributed by atoms with E-state index in [9.17, 15) is 9.90 Å². The summed E-state index contributed by atoms with van der Waals surface area (Å²) in [4.78, 5) is 22.5. The van der Waals surface area contributed by atoms with Crippen molar-refractivity contribution in [2.75, 3.05) is 32.8 Å². The van der Waals surface area contributed by atoms with Crippen molar-refractivity contribution < 1.29 is 14.6 Å². The molecule has 138 valence electrons. The molecule has 0 unspecified atom stereocenters. The molecule has 0 atom stereocenters. The molecule has 0 aliphatic carbocycles. The summed E-state index contributed by atoms with van der Waals surface area (Å²) in [5.74, 6) is 0.300. The predicted octanol–water partition coefficient (Wildman–Crippen LogP) is 0.834. The number of amides is 1. The molecule has 2 fully saturated rings. The van der Waals surface area contributed by atoms with Crippen LogP contribution < -0.4 is 5.32 Å². The molecule has 3 heterocycles. The van der Waals surface area contributed by atoms with Gasteiger partial charge in [0, 0.05) is 57.8 Å². The lowest BCUT2D eigenvalue weighted by molar-refractivity contribution is -0.119. The van der Waals surface area contributed by atoms with E-state index in [-0.39, 0.29) is 5.91 Å². The normalized spacial score (nSPS) is 21.8. The summed E-state index contributed by atoms with van der Waals surface area (Å²) in [6.45, 7) is 5.86. The van der Waals surface area contributed by atoms with Crippen molar-refractivity contribution in [3.63, 3.8) is 0 Å². The monoisotopic (exact) mass is 348 g/mol. The quantitative estimate of drug-likeness (QED) is 0.820. The zero-order valence-corrected chi connectivity index (χ0v) is 14.9. The van der Waals surface area contributed by atoms with E-state index in [1.807, 2.05) is 0 Å². The number of piperidine rings is 1. The number of carbonyl (C=O) groups excluding carboxylic acids is 1. The number of rotatable bonds is 5. The van der Waals surface area contributed by atoms with Gasteiger partial charge in [0.25, 0.3) is 0 Å². The molecule has 0 aromatic carbocycles. The SMILES string of the molecule is CC(=O)NCc1nccnc1C1CCN(CC2(O)CCOCC2)CC1. The Kier molecular flexibility index (Phi) is 5.98. The maximum absolute atomic E-state index is 11.2. The average Bonchev–Trinajstić information content (AvgIpc) is 2.61. The molecule has 1 aromatic heterocycles. The second kappa shape index (κ2) is 8.21. The number of hydrogen-bond acceptors (Lipinski definition) is 6. The van der Waals surface area contributed by atoms with Crippen molar-refractivity contribution in [3.8, 4) is 0 Å². The number of aliphatic hydroxyl groups is 1. The van der Waals surface area contributed by atoms with Crippen LogP contribution >= 0.6 is 0 Å². The van der Waals surface area contributed by atoms with Crippen LogP contribution in [-0.2, 0) is 16.1 Å². The van der Waals surface area contributed by atoms with Gasteiger partial charge in [0.2, 0.25) is 5.91 Å². The first kappa shape index (κ1) is 18.2. The summed E-state index contributed by atoms with van der Waals surface area (Å²) in [5, 5.41) is 13.5. The van der Waals surface area contributed by atoms with E-state index in [0.29, 0.717) is 25.7 Å². The zero-order chi connectivity index (χ0) is 17.7. The third kappa shape index (κ3) is 4.96. The lowest BCUT2D eigenvalue weighted by atomic mass is 9.89. The molecule has 3 rings (SSSR count). The van der Waals surface area contributed by atoms with E-state index in [2.05, 4.69) is 20.2 Å². The van der Waals surface area contributed by atoms with Crippen LogP contribution in [0.1, 0.15) is 49.9 Å². The first-order valence-corrected chi connectivity index (χ1v) is 9.12. The summed E-state index contributed by atoms with van der Waals surface area (Å²) in [6, 6.07) is 0. The lowest BCUT2D eigenvalue weighted by Crippen LogP contribution is -2.48. The van der Waals surface area contributed by atoms with Crippen molar-refractivity contribution in [1.82, 2.24) is 20.2 Å². The van der Waals surface area contributed by atoms with Gasteiger partial charge in [-0.3, -0.25) is 14.8 Å². The van der Waals surface area contributed by atoms with Gasteiger partial charge in [0.15, 0.2) is 0 Å². The van der Waals surface area contributed by atoms with Crippen LogP contribution in [0.15, 0.2) is 12.4 Å². The molecule has 7 heteroatoms. The molecule has 25 heavy (non-hydrogen) atoms. The molecule has 0 bridgehead atoms. The Morgan fingerprint density at radius 2 is 2.00 bits per heavy atom. The van der Waals surface area contributed by atoms with Crippen molar-refractivity contribution in [3.05, 3.63) is 23.8 Å². The maximum Gasteiger partial charge on any atom is 0.217 e. The fourth-order valence-corrected chi connectivity index (χ4v) is 3.75. The van der Waals surface area contributed by atoms with Gasteiger partial charge in [0.05, 0.1) is 23.5 Å². The van der Waals surface area contributed by atoms with E-state index in [4.69, 9.17) is 4.74 Å². The fraction of sp³-hybridized carbons (Fsp3) is 0.722. The average molecular weight is 348 g/mol. The van der Waals surface area contributed by atoms with Crippen LogP contribution in [0.4, 0.5) is 0 Å². The van der Waals surface area contributed by atoms with Crippen LogP contribution in [0.25, 0.3) is 0 Å². The van der Waals surface area contributed by atoms with E-state index < -0.39 is 5.60 Å².